The largest absolute Gasteiger partial charge is 0.456 e. The van der Waals surface area contributed by atoms with Crippen LogP contribution in [0.15, 0.2) is 46.9 Å². The molecule has 8 heteroatoms. The van der Waals surface area contributed by atoms with E-state index in [2.05, 4.69) is 20.8 Å². The fourth-order valence-electron chi connectivity index (χ4n) is 4.48. The molecular weight excluding hydrogens is 499 g/mol. The SMILES string of the molecule is CC(=O)O[C@@H](CN1CCC(CN2Cc3cc(Br)ccc3C2=O)CC1)c1ccc(F)cc1.Cl. The molecule has 2 aliphatic heterocycles. The van der Waals surface area contributed by atoms with Crippen LogP contribution in [0.4, 0.5) is 4.39 Å². The normalized spacial score (nSPS) is 17.6. The summed E-state index contributed by atoms with van der Waals surface area (Å²) in [6, 6.07) is 12.0. The molecule has 2 heterocycles. The van der Waals surface area contributed by atoms with Gasteiger partial charge in [0.05, 0.1) is 0 Å². The summed E-state index contributed by atoms with van der Waals surface area (Å²) in [4.78, 5) is 28.5. The second-order valence-electron chi connectivity index (χ2n) is 8.38. The van der Waals surface area contributed by atoms with Crippen molar-refractivity contribution >= 4 is 40.2 Å². The zero-order valence-electron chi connectivity index (χ0n) is 17.9. The number of benzene rings is 2. The molecule has 1 fully saturated rings. The maximum Gasteiger partial charge on any atom is 0.303 e. The van der Waals surface area contributed by atoms with Gasteiger partial charge in [-0.25, -0.2) is 4.39 Å². The number of ether oxygens (including phenoxy) is 1. The van der Waals surface area contributed by atoms with Gasteiger partial charge in [-0.15, -0.1) is 12.4 Å². The average Bonchev–Trinajstić information content (AvgIpc) is 3.03. The smallest absolute Gasteiger partial charge is 0.303 e. The summed E-state index contributed by atoms with van der Waals surface area (Å²) in [5, 5.41) is 0. The Balaban J connectivity index is 0.00000289. The lowest BCUT2D eigenvalue weighted by Crippen LogP contribution is -2.40. The van der Waals surface area contributed by atoms with Gasteiger partial charge in [-0.05, 0) is 73.3 Å². The number of carbonyl (C=O) groups excluding carboxylic acids is 2. The van der Waals surface area contributed by atoms with Crippen LogP contribution in [0.5, 0.6) is 0 Å². The molecule has 32 heavy (non-hydrogen) atoms. The van der Waals surface area contributed by atoms with E-state index in [0.29, 0.717) is 19.0 Å². The summed E-state index contributed by atoms with van der Waals surface area (Å²) >= 11 is 3.48. The summed E-state index contributed by atoms with van der Waals surface area (Å²) in [7, 11) is 0. The number of piperidine rings is 1. The van der Waals surface area contributed by atoms with Crippen LogP contribution in [0.25, 0.3) is 0 Å². The van der Waals surface area contributed by atoms with Crippen LogP contribution in [-0.4, -0.2) is 47.9 Å². The van der Waals surface area contributed by atoms with E-state index in [9.17, 15) is 14.0 Å². The number of hydrogen-bond donors (Lipinski definition) is 0. The minimum Gasteiger partial charge on any atom is -0.456 e. The molecule has 0 N–H and O–H groups in total. The Labute approximate surface area is 202 Å². The Morgan fingerprint density at radius 2 is 1.88 bits per heavy atom. The van der Waals surface area contributed by atoms with Crippen molar-refractivity contribution in [3.8, 4) is 0 Å². The van der Waals surface area contributed by atoms with Crippen LogP contribution in [0.2, 0.25) is 0 Å². The maximum absolute atomic E-state index is 13.3. The Morgan fingerprint density at radius 1 is 1.19 bits per heavy atom. The molecule has 0 saturated carbocycles. The van der Waals surface area contributed by atoms with Crippen molar-refractivity contribution in [2.75, 3.05) is 26.2 Å². The second-order valence-corrected chi connectivity index (χ2v) is 9.30. The number of halogens is 3. The van der Waals surface area contributed by atoms with Crippen LogP contribution in [0, 0.1) is 11.7 Å². The summed E-state index contributed by atoms with van der Waals surface area (Å²) < 4.78 is 19.8. The van der Waals surface area contributed by atoms with E-state index < -0.39 is 6.10 Å². The predicted octanol–water partition coefficient (Wildman–Crippen LogP) is 4.98. The van der Waals surface area contributed by atoms with Gasteiger partial charge < -0.3 is 9.64 Å². The molecule has 1 saturated heterocycles. The standard InChI is InChI=1S/C24H26BrFN2O3.ClH/c1-16(29)31-23(18-2-5-21(26)6-3-18)15-27-10-8-17(9-11-27)13-28-14-19-12-20(25)4-7-22(19)24(28)30;/h2-7,12,17,23H,8-11,13-15H2,1H3;1H/t23-;/m0./s1. The van der Waals surface area contributed by atoms with Crippen LogP contribution in [-0.2, 0) is 16.1 Å². The molecule has 0 spiro atoms. The number of rotatable bonds is 6. The molecule has 2 aromatic carbocycles. The molecular formula is C24H27BrClFN2O3. The van der Waals surface area contributed by atoms with Crippen molar-refractivity contribution in [2.24, 2.45) is 5.92 Å². The van der Waals surface area contributed by atoms with Gasteiger partial charge in [0, 0.05) is 36.6 Å². The molecule has 0 bridgehead atoms. The van der Waals surface area contributed by atoms with Crippen LogP contribution in [0.1, 0.15) is 47.4 Å². The number of fused-ring (bicyclic) bond motifs is 1. The first-order chi connectivity index (χ1) is 14.9. The van der Waals surface area contributed by atoms with E-state index in [1.54, 1.807) is 12.1 Å². The van der Waals surface area contributed by atoms with Gasteiger partial charge >= 0.3 is 5.97 Å². The lowest BCUT2D eigenvalue weighted by atomic mass is 9.95. The minimum atomic E-state index is -0.414. The summed E-state index contributed by atoms with van der Waals surface area (Å²) in [6.07, 6.45) is 1.56. The molecule has 1 amide bonds. The lowest BCUT2D eigenvalue weighted by Gasteiger charge is -2.35. The van der Waals surface area contributed by atoms with Crippen molar-refractivity contribution in [3.63, 3.8) is 0 Å². The van der Waals surface area contributed by atoms with Gasteiger partial charge in [-0.3, -0.25) is 14.5 Å². The first kappa shape index (κ1) is 24.7. The summed E-state index contributed by atoms with van der Waals surface area (Å²) in [5.74, 6) is -0.0767. The van der Waals surface area contributed by atoms with E-state index in [-0.39, 0.29) is 30.1 Å². The number of carbonyl (C=O) groups is 2. The molecule has 0 aromatic heterocycles. The molecule has 1 atom stereocenters. The third-order valence-corrected chi connectivity index (χ3v) is 6.60. The van der Waals surface area contributed by atoms with Gasteiger partial charge in [0.25, 0.3) is 5.91 Å². The van der Waals surface area contributed by atoms with Crippen molar-refractivity contribution in [3.05, 3.63) is 69.4 Å². The highest BCUT2D eigenvalue weighted by Crippen LogP contribution is 2.29. The Kier molecular flexibility index (Phi) is 8.31. The third kappa shape index (κ3) is 5.88. The first-order valence-electron chi connectivity index (χ1n) is 10.6. The van der Waals surface area contributed by atoms with Crippen LogP contribution in [0.3, 0.4) is 0 Å². The highest BCUT2D eigenvalue weighted by molar-refractivity contribution is 9.10. The van der Waals surface area contributed by atoms with Crippen molar-refractivity contribution in [1.29, 1.82) is 0 Å². The third-order valence-electron chi connectivity index (χ3n) is 6.11. The van der Waals surface area contributed by atoms with Crippen molar-refractivity contribution < 1.29 is 18.7 Å². The number of esters is 1. The topological polar surface area (TPSA) is 49.9 Å². The second kappa shape index (κ2) is 10.8. The zero-order chi connectivity index (χ0) is 22.0. The van der Waals surface area contributed by atoms with Crippen molar-refractivity contribution in [1.82, 2.24) is 9.80 Å². The number of amides is 1. The lowest BCUT2D eigenvalue weighted by molar-refractivity contribution is -0.147. The van der Waals surface area contributed by atoms with E-state index in [1.165, 1.54) is 19.1 Å². The number of hydrogen-bond acceptors (Lipinski definition) is 4. The Bertz CT molecular complexity index is 964. The van der Waals surface area contributed by atoms with Crippen molar-refractivity contribution in [2.45, 2.75) is 32.4 Å². The quantitative estimate of drug-likeness (QED) is 0.499. The monoisotopic (exact) mass is 524 g/mol. The van der Waals surface area contributed by atoms with E-state index in [1.807, 2.05) is 23.1 Å². The first-order valence-corrected chi connectivity index (χ1v) is 11.4. The molecule has 172 valence electrons. The van der Waals surface area contributed by atoms with E-state index in [4.69, 9.17) is 4.74 Å². The van der Waals surface area contributed by atoms with Gasteiger partial charge in [0.2, 0.25) is 0 Å². The molecule has 0 radical (unpaired) electrons. The molecule has 2 aromatic rings. The van der Waals surface area contributed by atoms with Crippen LogP contribution < -0.4 is 0 Å². The highest BCUT2D eigenvalue weighted by Gasteiger charge is 2.31. The fourth-order valence-corrected chi connectivity index (χ4v) is 4.89. The van der Waals surface area contributed by atoms with Gasteiger partial charge in [0.15, 0.2) is 0 Å². The molecule has 5 nitrogen and oxygen atoms in total. The average molecular weight is 526 g/mol. The molecule has 2 aliphatic rings. The number of nitrogens with zero attached hydrogens (tertiary/aromatic N) is 2. The number of likely N-dealkylation sites (tertiary alicyclic amines) is 1. The maximum atomic E-state index is 13.3. The molecule has 4 rings (SSSR count). The Morgan fingerprint density at radius 3 is 2.53 bits per heavy atom. The summed E-state index contributed by atoms with van der Waals surface area (Å²) in [5.41, 5.74) is 2.69. The molecule has 0 unspecified atom stereocenters. The fraction of sp³-hybridized carbons (Fsp3) is 0.417. The molecule has 0 aliphatic carbocycles. The summed E-state index contributed by atoms with van der Waals surface area (Å²) in [6.45, 7) is 5.18. The van der Waals surface area contributed by atoms with Gasteiger partial charge in [0.1, 0.15) is 11.9 Å². The van der Waals surface area contributed by atoms with Gasteiger partial charge in [-0.1, -0.05) is 28.1 Å². The van der Waals surface area contributed by atoms with Gasteiger partial charge in [-0.2, -0.15) is 0 Å². The predicted molar refractivity (Wildman–Crippen MR) is 126 cm³/mol. The zero-order valence-corrected chi connectivity index (χ0v) is 20.3. The highest BCUT2D eigenvalue weighted by atomic mass is 79.9. The van der Waals surface area contributed by atoms with Crippen LogP contribution >= 0.6 is 28.3 Å². The Hall–Kier alpha value is -1.96. The minimum absolute atomic E-state index is 0. The van der Waals surface area contributed by atoms with E-state index in [0.717, 1.165) is 53.6 Å². The van der Waals surface area contributed by atoms with E-state index >= 15 is 0 Å².